The number of carbonyl (C=O) groups excluding carboxylic acids is 1. The van der Waals surface area contributed by atoms with Gasteiger partial charge in [-0.25, -0.2) is 0 Å². The zero-order chi connectivity index (χ0) is 19.1. The molecule has 146 valence electrons. The molecule has 0 aromatic heterocycles. The fourth-order valence-corrected chi connectivity index (χ4v) is 3.11. The number of ether oxygens (including phenoxy) is 2. The molecule has 0 bridgehead atoms. The van der Waals surface area contributed by atoms with Crippen LogP contribution in [0.15, 0.2) is 18.2 Å². The van der Waals surface area contributed by atoms with Crippen molar-refractivity contribution in [1.29, 1.82) is 0 Å². The first-order valence-corrected chi connectivity index (χ1v) is 9.46. The Labute approximate surface area is 157 Å². The Morgan fingerprint density at radius 1 is 1.31 bits per heavy atom. The Kier molecular flexibility index (Phi) is 7.72. The number of likely N-dealkylation sites (N-methyl/N-ethyl adjacent to an activating group) is 1. The first kappa shape index (κ1) is 20.5. The van der Waals surface area contributed by atoms with Crippen molar-refractivity contribution in [3.63, 3.8) is 0 Å². The monoisotopic (exact) mass is 363 g/mol. The van der Waals surface area contributed by atoms with Gasteiger partial charge in [0, 0.05) is 26.7 Å². The Morgan fingerprint density at radius 2 is 2.00 bits per heavy atom. The Balaban J connectivity index is 1.99. The molecule has 1 aliphatic rings. The predicted molar refractivity (Wildman–Crippen MR) is 104 cm³/mol. The van der Waals surface area contributed by atoms with Gasteiger partial charge >= 0.3 is 0 Å². The minimum atomic E-state index is -0.549. The van der Waals surface area contributed by atoms with E-state index in [1.165, 1.54) is 17.7 Å². The predicted octanol–water partition coefficient (Wildman–Crippen LogP) is 2.12. The van der Waals surface area contributed by atoms with E-state index in [0.29, 0.717) is 24.1 Å². The van der Waals surface area contributed by atoms with Crippen LogP contribution in [0.5, 0.6) is 11.5 Å². The minimum Gasteiger partial charge on any atom is -0.490 e. The molecule has 1 saturated heterocycles. The summed E-state index contributed by atoms with van der Waals surface area (Å²) >= 11 is 0. The van der Waals surface area contributed by atoms with E-state index in [4.69, 9.17) is 9.47 Å². The standard InChI is InChI=1S/C20H33N3O3/c1-6-25-19-13-16(14-21-17-9-11-23(5)12-10-17)7-8-18(19)26-15(2)20(24)22(3)4/h7-8,13,15,17,21H,6,9-12,14H2,1-5H3. The third-order valence-corrected chi connectivity index (χ3v) is 4.71. The molecule has 2 rings (SSSR count). The topological polar surface area (TPSA) is 54.0 Å². The first-order valence-electron chi connectivity index (χ1n) is 9.46. The molecule has 1 aromatic rings. The average Bonchev–Trinajstić information content (AvgIpc) is 2.62. The maximum absolute atomic E-state index is 12.0. The normalized spacial score (nSPS) is 17.0. The van der Waals surface area contributed by atoms with Gasteiger partial charge in [-0.2, -0.15) is 0 Å². The molecular formula is C20H33N3O3. The lowest BCUT2D eigenvalue weighted by Crippen LogP contribution is -2.40. The maximum Gasteiger partial charge on any atom is 0.262 e. The third kappa shape index (κ3) is 5.88. The van der Waals surface area contributed by atoms with E-state index < -0.39 is 6.10 Å². The van der Waals surface area contributed by atoms with Crippen molar-refractivity contribution in [3.8, 4) is 11.5 Å². The Bertz CT molecular complexity index is 584. The second kappa shape index (κ2) is 9.78. The largest absolute Gasteiger partial charge is 0.490 e. The summed E-state index contributed by atoms with van der Waals surface area (Å²) in [6.45, 7) is 7.35. The molecule has 0 saturated carbocycles. The van der Waals surface area contributed by atoms with Gasteiger partial charge in [0.15, 0.2) is 17.6 Å². The van der Waals surface area contributed by atoms with Crippen LogP contribution in [-0.2, 0) is 11.3 Å². The van der Waals surface area contributed by atoms with Crippen molar-refractivity contribution >= 4 is 5.91 Å². The van der Waals surface area contributed by atoms with Gasteiger partial charge in [0.1, 0.15) is 0 Å². The molecule has 1 aromatic carbocycles. The molecular weight excluding hydrogens is 330 g/mol. The molecule has 1 aliphatic heterocycles. The summed E-state index contributed by atoms with van der Waals surface area (Å²) in [6.07, 6.45) is 1.81. The number of hydrogen-bond acceptors (Lipinski definition) is 5. The summed E-state index contributed by atoms with van der Waals surface area (Å²) in [6, 6.07) is 6.51. The van der Waals surface area contributed by atoms with Gasteiger partial charge in [0.25, 0.3) is 5.91 Å². The summed E-state index contributed by atoms with van der Waals surface area (Å²) in [5.74, 6) is 1.23. The molecule has 1 N–H and O–H groups in total. The molecule has 1 heterocycles. The number of nitrogens with one attached hydrogen (secondary N) is 1. The van der Waals surface area contributed by atoms with E-state index in [0.717, 1.165) is 25.2 Å². The van der Waals surface area contributed by atoms with E-state index >= 15 is 0 Å². The first-order chi connectivity index (χ1) is 12.4. The van der Waals surface area contributed by atoms with Gasteiger partial charge < -0.3 is 24.6 Å². The molecule has 0 spiro atoms. The smallest absolute Gasteiger partial charge is 0.262 e. The van der Waals surface area contributed by atoms with E-state index in [-0.39, 0.29) is 5.91 Å². The van der Waals surface area contributed by atoms with Crippen LogP contribution in [0.3, 0.4) is 0 Å². The molecule has 1 atom stereocenters. The quantitative estimate of drug-likeness (QED) is 0.767. The summed E-state index contributed by atoms with van der Waals surface area (Å²) in [5.41, 5.74) is 1.16. The van der Waals surface area contributed by atoms with Crippen molar-refractivity contribution in [2.75, 3.05) is 40.8 Å². The summed E-state index contributed by atoms with van der Waals surface area (Å²) in [7, 11) is 5.62. The van der Waals surface area contributed by atoms with Crippen molar-refractivity contribution in [3.05, 3.63) is 23.8 Å². The summed E-state index contributed by atoms with van der Waals surface area (Å²) in [5, 5.41) is 3.64. The van der Waals surface area contributed by atoms with Gasteiger partial charge in [0.05, 0.1) is 6.61 Å². The molecule has 0 aliphatic carbocycles. The number of carbonyl (C=O) groups is 1. The van der Waals surface area contributed by atoms with Crippen LogP contribution >= 0.6 is 0 Å². The van der Waals surface area contributed by atoms with E-state index in [1.54, 1.807) is 21.0 Å². The number of benzene rings is 1. The molecule has 1 unspecified atom stereocenters. The van der Waals surface area contributed by atoms with Crippen molar-refractivity contribution in [1.82, 2.24) is 15.1 Å². The lowest BCUT2D eigenvalue weighted by molar-refractivity contribution is -0.135. The number of amides is 1. The molecule has 1 amide bonds. The fourth-order valence-electron chi connectivity index (χ4n) is 3.11. The minimum absolute atomic E-state index is 0.0690. The second-order valence-corrected chi connectivity index (χ2v) is 7.17. The number of nitrogens with zero attached hydrogens (tertiary/aromatic N) is 2. The van der Waals surface area contributed by atoms with E-state index in [9.17, 15) is 4.79 Å². The number of hydrogen-bond donors (Lipinski definition) is 1. The summed E-state index contributed by atoms with van der Waals surface area (Å²) < 4.78 is 11.6. The molecule has 6 nitrogen and oxygen atoms in total. The maximum atomic E-state index is 12.0. The van der Waals surface area contributed by atoms with Gasteiger partial charge in [-0.1, -0.05) is 6.07 Å². The van der Waals surface area contributed by atoms with Crippen LogP contribution in [0.1, 0.15) is 32.3 Å². The Morgan fingerprint density at radius 3 is 2.62 bits per heavy atom. The number of piperidine rings is 1. The van der Waals surface area contributed by atoms with Gasteiger partial charge in [-0.05, 0) is 64.5 Å². The summed E-state index contributed by atoms with van der Waals surface area (Å²) in [4.78, 5) is 15.9. The van der Waals surface area contributed by atoms with Crippen molar-refractivity contribution < 1.29 is 14.3 Å². The van der Waals surface area contributed by atoms with Gasteiger partial charge in [-0.15, -0.1) is 0 Å². The molecule has 26 heavy (non-hydrogen) atoms. The van der Waals surface area contributed by atoms with Crippen LogP contribution in [0.4, 0.5) is 0 Å². The molecule has 1 fully saturated rings. The SMILES string of the molecule is CCOc1cc(CNC2CCN(C)CC2)ccc1OC(C)C(=O)N(C)C. The highest BCUT2D eigenvalue weighted by molar-refractivity contribution is 5.80. The van der Waals surface area contributed by atoms with Gasteiger partial charge in [0.2, 0.25) is 0 Å². The van der Waals surface area contributed by atoms with Crippen LogP contribution in [0.25, 0.3) is 0 Å². The number of likely N-dealkylation sites (tertiary alicyclic amines) is 1. The van der Waals surface area contributed by atoms with Crippen LogP contribution < -0.4 is 14.8 Å². The van der Waals surface area contributed by atoms with E-state index in [1.807, 2.05) is 25.1 Å². The zero-order valence-corrected chi connectivity index (χ0v) is 16.7. The fraction of sp³-hybridized carbons (Fsp3) is 0.650. The Hall–Kier alpha value is -1.79. The van der Waals surface area contributed by atoms with Crippen molar-refractivity contribution in [2.24, 2.45) is 0 Å². The molecule has 0 radical (unpaired) electrons. The molecule has 6 heteroatoms. The van der Waals surface area contributed by atoms with E-state index in [2.05, 4.69) is 17.3 Å². The third-order valence-electron chi connectivity index (χ3n) is 4.71. The van der Waals surface area contributed by atoms with Gasteiger partial charge in [-0.3, -0.25) is 4.79 Å². The van der Waals surface area contributed by atoms with Crippen molar-refractivity contribution in [2.45, 2.75) is 45.4 Å². The highest BCUT2D eigenvalue weighted by atomic mass is 16.5. The lowest BCUT2D eigenvalue weighted by Gasteiger charge is -2.29. The van der Waals surface area contributed by atoms with Crippen LogP contribution in [0, 0.1) is 0 Å². The highest BCUT2D eigenvalue weighted by Crippen LogP contribution is 2.29. The lowest BCUT2D eigenvalue weighted by atomic mass is 10.1. The average molecular weight is 364 g/mol. The number of rotatable bonds is 8. The highest BCUT2D eigenvalue weighted by Gasteiger charge is 2.19. The zero-order valence-electron chi connectivity index (χ0n) is 16.7. The van der Waals surface area contributed by atoms with Crippen LogP contribution in [-0.4, -0.2) is 68.7 Å². The second-order valence-electron chi connectivity index (χ2n) is 7.17. The van der Waals surface area contributed by atoms with Crippen LogP contribution in [0.2, 0.25) is 0 Å².